The molecule has 1 rings (SSSR count). The van der Waals surface area contributed by atoms with Crippen LogP contribution < -0.4 is 0 Å². The lowest BCUT2D eigenvalue weighted by atomic mass is 9.82. The molecule has 0 unspecified atom stereocenters. The van der Waals surface area contributed by atoms with Crippen LogP contribution in [0.4, 0.5) is 0 Å². The quantitative estimate of drug-likeness (QED) is 0.415. The highest BCUT2D eigenvalue weighted by Crippen LogP contribution is 2.34. The fraction of sp³-hybridized carbons (Fsp3) is 1.00. The van der Waals surface area contributed by atoms with Crippen molar-refractivity contribution in [3.05, 3.63) is 0 Å². The average molecular weight is 291 g/mol. The second-order valence-electron chi connectivity index (χ2n) is 5.42. The lowest BCUT2D eigenvalue weighted by Crippen LogP contribution is -2.29. The van der Waals surface area contributed by atoms with Gasteiger partial charge in [-0.25, -0.2) is 0 Å². The van der Waals surface area contributed by atoms with Gasteiger partial charge in [-0.3, -0.25) is 0 Å². The first-order valence-corrected chi connectivity index (χ1v) is 8.02. The Morgan fingerprint density at radius 2 is 1.81 bits per heavy atom. The minimum absolute atomic E-state index is 0.396. The summed E-state index contributed by atoms with van der Waals surface area (Å²) in [6.45, 7) is 6.48. The maximum atomic E-state index is 5.92. The normalized spacial score (nSPS) is 16.7. The summed E-state index contributed by atoms with van der Waals surface area (Å²) in [5.41, 5.74) is 0.396. The third-order valence-electron chi connectivity index (χ3n) is 3.62. The predicted molar refractivity (Wildman–Crippen MR) is 74.2 cm³/mol. The van der Waals surface area contributed by atoms with Crippen LogP contribution in [0.1, 0.15) is 58.8 Å². The summed E-state index contributed by atoms with van der Waals surface area (Å²) in [4.78, 5) is 0. The molecule has 0 heterocycles. The molecule has 0 radical (unpaired) electrons. The molecule has 0 aromatic heterocycles. The number of alkyl halides is 1. The minimum Gasteiger partial charge on any atom is -0.381 e. The van der Waals surface area contributed by atoms with E-state index in [0.29, 0.717) is 5.41 Å². The van der Waals surface area contributed by atoms with Gasteiger partial charge in [0, 0.05) is 17.4 Å². The molecule has 1 aliphatic carbocycles. The van der Waals surface area contributed by atoms with Crippen molar-refractivity contribution >= 4 is 15.9 Å². The summed E-state index contributed by atoms with van der Waals surface area (Å²) in [6, 6.07) is 0. The maximum absolute atomic E-state index is 5.92. The molecule has 0 bridgehead atoms. The number of ether oxygens (including phenoxy) is 1. The van der Waals surface area contributed by atoms with Crippen molar-refractivity contribution < 1.29 is 4.74 Å². The molecule has 0 N–H and O–H groups in total. The summed E-state index contributed by atoms with van der Waals surface area (Å²) >= 11 is 3.69. The molecule has 0 amide bonds. The van der Waals surface area contributed by atoms with Crippen LogP contribution in [0, 0.1) is 11.3 Å². The standard InChI is InChI=1S/C14H27BrO/c1-3-8-14(11-15,9-4-2)12-16-10-7-13-5-6-13/h13H,3-12H2,1-2H3. The Morgan fingerprint density at radius 3 is 2.25 bits per heavy atom. The molecule has 0 saturated heterocycles. The molecule has 0 aromatic rings. The van der Waals surface area contributed by atoms with Gasteiger partial charge in [-0.05, 0) is 25.2 Å². The molecule has 0 atom stereocenters. The van der Waals surface area contributed by atoms with Gasteiger partial charge in [0.2, 0.25) is 0 Å². The van der Waals surface area contributed by atoms with Crippen LogP contribution in [0.15, 0.2) is 0 Å². The van der Waals surface area contributed by atoms with E-state index in [4.69, 9.17) is 4.74 Å². The number of rotatable bonds is 10. The molecular formula is C14H27BrO. The van der Waals surface area contributed by atoms with Crippen LogP contribution >= 0.6 is 15.9 Å². The van der Waals surface area contributed by atoms with Crippen LogP contribution in [-0.2, 0) is 4.74 Å². The van der Waals surface area contributed by atoms with Crippen molar-refractivity contribution in [2.45, 2.75) is 58.8 Å². The first-order chi connectivity index (χ1) is 7.76. The fourth-order valence-corrected chi connectivity index (χ4v) is 3.17. The van der Waals surface area contributed by atoms with E-state index in [9.17, 15) is 0 Å². The molecular weight excluding hydrogens is 264 g/mol. The zero-order valence-corrected chi connectivity index (χ0v) is 12.5. The number of hydrogen-bond donors (Lipinski definition) is 0. The Labute approximate surface area is 109 Å². The lowest BCUT2D eigenvalue weighted by Gasteiger charge is -2.31. The Hall–Kier alpha value is 0.440. The van der Waals surface area contributed by atoms with E-state index in [2.05, 4.69) is 29.8 Å². The molecule has 2 heteroatoms. The summed E-state index contributed by atoms with van der Waals surface area (Å²) < 4.78 is 5.92. The molecule has 0 spiro atoms. The molecule has 0 aliphatic heterocycles. The van der Waals surface area contributed by atoms with E-state index in [1.54, 1.807) is 0 Å². The monoisotopic (exact) mass is 290 g/mol. The van der Waals surface area contributed by atoms with Crippen LogP contribution in [-0.4, -0.2) is 18.5 Å². The summed E-state index contributed by atoms with van der Waals surface area (Å²) in [6.07, 6.45) is 9.27. The van der Waals surface area contributed by atoms with E-state index in [1.165, 1.54) is 44.9 Å². The van der Waals surface area contributed by atoms with Gasteiger partial charge in [0.05, 0.1) is 6.61 Å². The number of hydrogen-bond acceptors (Lipinski definition) is 1. The molecule has 1 fully saturated rings. The molecule has 16 heavy (non-hydrogen) atoms. The molecule has 96 valence electrons. The van der Waals surface area contributed by atoms with Gasteiger partial charge in [-0.1, -0.05) is 55.5 Å². The Bertz CT molecular complexity index is 172. The highest BCUT2D eigenvalue weighted by molar-refractivity contribution is 9.09. The highest BCUT2D eigenvalue weighted by Gasteiger charge is 2.28. The average Bonchev–Trinajstić information content (AvgIpc) is 3.09. The van der Waals surface area contributed by atoms with Crippen molar-refractivity contribution in [1.29, 1.82) is 0 Å². The van der Waals surface area contributed by atoms with E-state index in [1.807, 2.05) is 0 Å². The summed E-state index contributed by atoms with van der Waals surface area (Å²) in [7, 11) is 0. The maximum Gasteiger partial charge on any atom is 0.0530 e. The summed E-state index contributed by atoms with van der Waals surface area (Å²) in [5, 5.41) is 1.09. The van der Waals surface area contributed by atoms with Crippen molar-refractivity contribution in [1.82, 2.24) is 0 Å². The van der Waals surface area contributed by atoms with E-state index in [0.717, 1.165) is 24.5 Å². The first kappa shape index (κ1) is 14.5. The SMILES string of the molecule is CCCC(CBr)(CCC)COCCC1CC1. The van der Waals surface area contributed by atoms with Crippen LogP contribution in [0.25, 0.3) is 0 Å². The van der Waals surface area contributed by atoms with E-state index < -0.39 is 0 Å². The Kier molecular flexibility index (Phi) is 6.98. The molecule has 1 nitrogen and oxygen atoms in total. The van der Waals surface area contributed by atoms with Gasteiger partial charge >= 0.3 is 0 Å². The first-order valence-electron chi connectivity index (χ1n) is 6.90. The largest absolute Gasteiger partial charge is 0.381 e. The van der Waals surface area contributed by atoms with Gasteiger partial charge in [0.25, 0.3) is 0 Å². The van der Waals surface area contributed by atoms with Gasteiger partial charge in [0.1, 0.15) is 0 Å². The molecule has 1 saturated carbocycles. The van der Waals surface area contributed by atoms with Crippen LogP contribution in [0.3, 0.4) is 0 Å². The predicted octanol–water partition coefficient (Wildman–Crippen LogP) is 4.78. The third-order valence-corrected chi connectivity index (χ3v) is 4.81. The smallest absolute Gasteiger partial charge is 0.0530 e. The van der Waals surface area contributed by atoms with Crippen LogP contribution in [0.5, 0.6) is 0 Å². The number of halogens is 1. The summed E-state index contributed by atoms with van der Waals surface area (Å²) in [5.74, 6) is 0.996. The third kappa shape index (κ3) is 5.18. The van der Waals surface area contributed by atoms with Crippen molar-refractivity contribution in [3.63, 3.8) is 0 Å². The zero-order chi connectivity index (χ0) is 11.9. The van der Waals surface area contributed by atoms with Gasteiger partial charge in [-0.2, -0.15) is 0 Å². The molecule has 1 aliphatic rings. The van der Waals surface area contributed by atoms with Gasteiger partial charge in [-0.15, -0.1) is 0 Å². The lowest BCUT2D eigenvalue weighted by molar-refractivity contribution is 0.0424. The Balaban J connectivity index is 2.22. The fourth-order valence-electron chi connectivity index (χ4n) is 2.45. The highest BCUT2D eigenvalue weighted by atomic mass is 79.9. The van der Waals surface area contributed by atoms with Gasteiger partial charge in [0.15, 0.2) is 0 Å². The second-order valence-corrected chi connectivity index (χ2v) is 5.98. The second kappa shape index (κ2) is 7.71. The van der Waals surface area contributed by atoms with Gasteiger partial charge < -0.3 is 4.74 Å². The zero-order valence-electron chi connectivity index (χ0n) is 10.9. The van der Waals surface area contributed by atoms with Crippen molar-refractivity contribution in [3.8, 4) is 0 Å². The van der Waals surface area contributed by atoms with Crippen molar-refractivity contribution in [2.75, 3.05) is 18.5 Å². The molecule has 0 aromatic carbocycles. The minimum atomic E-state index is 0.396. The Morgan fingerprint density at radius 1 is 1.19 bits per heavy atom. The van der Waals surface area contributed by atoms with Crippen molar-refractivity contribution in [2.24, 2.45) is 11.3 Å². The topological polar surface area (TPSA) is 9.23 Å². The van der Waals surface area contributed by atoms with Crippen LogP contribution in [0.2, 0.25) is 0 Å². The van der Waals surface area contributed by atoms with E-state index >= 15 is 0 Å². The van der Waals surface area contributed by atoms with E-state index in [-0.39, 0.29) is 0 Å².